The summed E-state index contributed by atoms with van der Waals surface area (Å²) in [7, 11) is 0. The summed E-state index contributed by atoms with van der Waals surface area (Å²) in [6, 6.07) is 81.5. The lowest BCUT2D eigenvalue weighted by Crippen LogP contribution is -2.10. The molecule has 0 N–H and O–H groups in total. The Morgan fingerprint density at radius 2 is 0.709 bits per heavy atom. The Balaban J connectivity index is 1.17. The zero-order chi connectivity index (χ0) is 36.6. The van der Waals surface area contributed by atoms with E-state index in [1.54, 1.807) is 0 Å². The summed E-state index contributed by atoms with van der Waals surface area (Å²) in [4.78, 5) is 2.39. The number of para-hydroxylation sites is 1. The number of hydrogen-bond donors (Lipinski definition) is 0. The number of rotatable bonds is 7. The Kier molecular flexibility index (Phi) is 8.24. The maximum Gasteiger partial charge on any atom is 0.0473 e. The molecule has 0 atom stereocenters. The molecule has 258 valence electrons. The van der Waals surface area contributed by atoms with E-state index >= 15 is 0 Å². The summed E-state index contributed by atoms with van der Waals surface area (Å²) < 4.78 is 0. The van der Waals surface area contributed by atoms with Crippen LogP contribution in [0.4, 0.5) is 17.1 Å². The molecule has 10 aromatic carbocycles. The van der Waals surface area contributed by atoms with Crippen LogP contribution in [0.2, 0.25) is 0 Å². The van der Waals surface area contributed by atoms with E-state index in [0.29, 0.717) is 0 Å². The Labute approximate surface area is 322 Å². The van der Waals surface area contributed by atoms with Gasteiger partial charge in [-0.2, -0.15) is 0 Å². The van der Waals surface area contributed by atoms with Crippen molar-refractivity contribution in [2.75, 3.05) is 4.90 Å². The molecule has 0 aliphatic carbocycles. The molecule has 55 heavy (non-hydrogen) atoms. The highest BCUT2D eigenvalue weighted by Crippen LogP contribution is 2.43. The Morgan fingerprint density at radius 3 is 1.42 bits per heavy atom. The van der Waals surface area contributed by atoms with Crippen LogP contribution in [0.5, 0.6) is 0 Å². The normalized spacial score (nSPS) is 11.3. The van der Waals surface area contributed by atoms with Crippen molar-refractivity contribution < 1.29 is 0 Å². The highest BCUT2D eigenvalue weighted by molar-refractivity contribution is 6.24. The number of anilines is 3. The molecule has 10 aromatic rings. The number of fused-ring (bicyclic) bond motifs is 5. The maximum atomic E-state index is 2.39. The van der Waals surface area contributed by atoms with Crippen molar-refractivity contribution in [2.24, 2.45) is 0 Å². The van der Waals surface area contributed by atoms with Gasteiger partial charge in [0.05, 0.1) is 0 Å². The maximum absolute atomic E-state index is 2.39. The monoisotopic (exact) mass is 699 g/mol. The van der Waals surface area contributed by atoms with Gasteiger partial charge in [-0.1, -0.05) is 176 Å². The summed E-state index contributed by atoms with van der Waals surface area (Å²) in [5, 5.41) is 7.59. The number of benzene rings is 10. The summed E-state index contributed by atoms with van der Waals surface area (Å²) in [6.45, 7) is 0. The van der Waals surface area contributed by atoms with Gasteiger partial charge in [-0.15, -0.1) is 0 Å². The first kappa shape index (κ1) is 32.4. The average molecular weight is 700 g/mol. The van der Waals surface area contributed by atoms with Crippen LogP contribution in [0, 0.1) is 0 Å². The van der Waals surface area contributed by atoms with Crippen LogP contribution in [0.25, 0.3) is 76.8 Å². The standard InChI is InChI=1S/C54H37N/c1-4-14-38(15-5-1)44-20-12-21-45(34-44)40-30-32-49(33-31-40)55(48-22-8-3-9-23-48)50-36-46(39-16-6-2-7-17-39)35-47(37-50)52-25-13-19-42-28-29-43-27-26-41-18-10-11-24-51(41)54(43)53(42)52/h1-37H. The van der Waals surface area contributed by atoms with Gasteiger partial charge in [-0.25, -0.2) is 0 Å². The summed E-state index contributed by atoms with van der Waals surface area (Å²) in [5.74, 6) is 0. The van der Waals surface area contributed by atoms with Crippen LogP contribution >= 0.6 is 0 Å². The van der Waals surface area contributed by atoms with E-state index in [-0.39, 0.29) is 0 Å². The smallest absolute Gasteiger partial charge is 0.0473 e. The molecule has 0 amide bonds. The Morgan fingerprint density at radius 1 is 0.236 bits per heavy atom. The second-order valence-corrected chi connectivity index (χ2v) is 14.2. The van der Waals surface area contributed by atoms with Gasteiger partial charge in [0.1, 0.15) is 0 Å². The van der Waals surface area contributed by atoms with Crippen LogP contribution < -0.4 is 4.90 Å². The molecule has 0 saturated carbocycles. The minimum Gasteiger partial charge on any atom is -0.310 e. The molecule has 1 heteroatoms. The van der Waals surface area contributed by atoms with Crippen molar-refractivity contribution in [1.29, 1.82) is 0 Å². The lowest BCUT2D eigenvalue weighted by atomic mass is 9.89. The summed E-state index contributed by atoms with van der Waals surface area (Å²) in [5.41, 5.74) is 12.9. The highest BCUT2D eigenvalue weighted by atomic mass is 15.1. The molecule has 0 unspecified atom stereocenters. The van der Waals surface area contributed by atoms with Crippen molar-refractivity contribution in [1.82, 2.24) is 0 Å². The zero-order valence-corrected chi connectivity index (χ0v) is 30.3. The molecular formula is C54H37N. The topological polar surface area (TPSA) is 3.24 Å². The molecule has 10 rings (SSSR count). The summed E-state index contributed by atoms with van der Waals surface area (Å²) in [6.07, 6.45) is 0. The second-order valence-electron chi connectivity index (χ2n) is 14.2. The van der Waals surface area contributed by atoms with Gasteiger partial charge in [0.25, 0.3) is 0 Å². The van der Waals surface area contributed by atoms with Gasteiger partial charge in [0.15, 0.2) is 0 Å². The fourth-order valence-corrected chi connectivity index (χ4v) is 8.14. The fourth-order valence-electron chi connectivity index (χ4n) is 8.14. The lowest BCUT2D eigenvalue weighted by molar-refractivity contribution is 1.28. The van der Waals surface area contributed by atoms with Gasteiger partial charge >= 0.3 is 0 Å². The van der Waals surface area contributed by atoms with Crippen molar-refractivity contribution >= 4 is 49.4 Å². The predicted molar refractivity (Wildman–Crippen MR) is 235 cm³/mol. The first-order valence-corrected chi connectivity index (χ1v) is 18.9. The Hall–Kier alpha value is -7.22. The first-order chi connectivity index (χ1) is 27.3. The molecule has 1 nitrogen and oxygen atoms in total. The first-order valence-electron chi connectivity index (χ1n) is 18.9. The van der Waals surface area contributed by atoms with Crippen LogP contribution in [-0.4, -0.2) is 0 Å². The minimum atomic E-state index is 1.10. The predicted octanol–water partition coefficient (Wildman–Crippen LogP) is 15.3. The van der Waals surface area contributed by atoms with Crippen molar-refractivity contribution in [2.45, 2.75) is 0 Å². The molecule has 0 aliphatic rings. The van der Waals surface area contributed by atoms with Gasteiger partial charge in [-0.3, -0.25) is 0 Å². The summed E-state index contributed by atoms with van der Waals surface area (Å²) >= 11 is 0. The highest BCUT2D eigenvalue weighted by Gasteiger charge is 2.18. The van der Waals surface area contributed by atoms with E-state index < -0.39 is 0 Å². The van der Waals surface area contributed by atoms with Gasteiger partial charge in [0, 0.05) is 17.1 Å². The molecule has 0 spiro atoms. The zero-order valence-electron chi connectivity index (χ0n) is 30.3. The average Bonchev–Trinajstić information content (AvgIpc) is 3.27. The minimum absolute atomic E-state index is 1.10. The molecule has 0 radical (unpaired) electrons. The SMILES string of the molecule is c1ccc(-c2cccc(-c3ccc(N(c4ccccc4)c4cc(-c5ccccc5)cc(-c5cccc6ccc7ccc8ccccc8c7c56)c4)cc3)c2)cc1. The van der Waals surface area contributed by atoms with E-state index in [1.807, 2.05) is 0 Å². The number of hydrogen-bond acceptors (Lipinski definition) is 1. The molecular weight excluding hydrogens is 663 g/mol. The van der Waals surface area contributed by atoms with E-state index in [2.05, 4.69) is 229 Å². The molecule has 0 saturated heterocycles. The van der Waals surface area contributed by atoms with Crippen LogP contribution in [0.15, 0.2) is 224 Å². The van der Waals surface area contributed by atoms with Crippen molar-refractivity contribution in [3.8, 4) is 44.5 Å². The van der Waals surface area contributed by atoms with Crippen LogP contribution in [0.1, 0.15) is 0 Å². The molecule has 0 bridgehead atoms. The van der Waals surface area contributed by atoms with Gasteiger partial charge in [0.2, 0.25) is 0 Å². The second kappa shape index (κ2) is 14.0. The van der Waals surface area contributed by atoms with E-state index in [0.717, 1.165) is 17.1 Å². The van der Waals surface area contributed by atoms with Crippen molar-refractivity contribution in [3.05, 3.63) is 224 Å². The quantitative estimate of drug-likeness (QED) is 0.150. The van der Waals surface area contributed by atoms with E-state index in [4.69, 9.17) is 0 Å². The van der Waals surface area contributed by atoms with Crippen molar-refractivity contribution in [3.63, 3.8) is 0 Å². The third-order valence-corrected chi connectivity index (χ3v) is 10.8. The number of nitrogens with zero attached hydrogens (tertiary/aromatic N) is 1. The molecule has 0 fully saturated rings. The molecule has 0 aliphatic heterocycles. The Bertz CT molecular complexity index is 2940. The third-order valence-electron chi connectivity index (χ3n) is 10.8. The van der Waals surface area contributed by atoms with E-state index in [1.165, 1.54) is 76.8 Å². The molecule has 0 aromatic heterocycles. The lowest BCUT2D eigenvalue weighted by Gasteiger charge is -2.27. The largest absolute Gasteiger partial charge is 0.310 e. The van der Waals surface area contributed by atoms with E-state index in [9.17, 15) is 0 Å². The van der Waals surface area contributed by atoms with Gasteiger partial charge < -0.3 is 4.90 Å². The van der Waals surface area contributed by atoms with Gasteiger partial charge in [-0.05, 0) is 125 Å². The molecule has 0 heterocycles. The van der Waals surface area contributed by atoms with Crippen LogP contribution in [0.3, 0.4) is 0 Å². The van der Waals surface area contributed by atoms with Crippen LogP contribution in [-0.2, 0) is 0 Å². The fraction of sp³-hybridized carbons (Fsp3) is 0. The third kappa shape index (κ3) is 6.12.